The third kappa shape index (κ3) is 6.38. The number of carbonyl (C=O) groups excluding carboxylic acids is 1. The van der Waals surface area contributed by atoms with Crippen molar-refractivity contribution in [1.82, 2.24) is 0 Å². The van der Waals surface area contributed by atoms with Crippen LogP contribution in [0.1, 0.15) is 37.0 Å². The molecule has 4 rings (SSSR count). The molecule has 7 heteroatoms. The molecule has 0 unspecified atom stereocenters. The molecule has 3 aromatic carbocycles. The Kier molecular flexibility index (Phi) is 8.29. The van der Waals surface area contributed by atoms with Crippen molar-refractivity contribution >= 4 is 23.5 Å². The first-order valence-electron chi connectivity index (χ1n) is 11.0. The Morgan fingerprint density at radius 2 is 1.56 bits per heavy atom. The van der Waals surface area contributed by atoms with Gasteiger partial charge in [-0.05, 0) is 65.6 Å². The molecule has 1 amide bonds. The lowest BCUT2D eigenvalue weighted by molar-refractivity contribution is -0.130. The lowest BCUT2D eigenvalue weighted by atomic mass is 10.0. The Labute approximate surface area is 198 Å². The molecule has 7 nitrogen and oxygen atoms in total. The highest BCUT2D eigenvalue weighted by atomic mass is 16.7. The van der Waals surface area contributed by atoms with Gasteiger partial charge in [-0.25, -0.2) is 4.79 Å². The third-order valence-corrected chi connectivity index (χ3v) is 4.92. The van der Waals surface area contributed by atoms with E-state index < -0.39 is 5.97 Å². The van der Waals surface area contributed by atoms with Crippen molar-refractivity contribution in [2.24, 2.45) is 5.73 Å². The molecule has 0 atom stereocenters. The SMILES string of the molecule is CC.NC(=O)CCc1ccc(Oc2ccc(/C(=C\c3ccc4c(c3)OCO4)C(=O)O)cc2)cc1. The molecule has 0 radical (unpaired) electrons. The van der Waals surface area contributed by atoms with Crippen LogP contribution in [0.3, 0.4) is 0 Å². The summed E-state index contributed by atoms with van der Waals surface area (Å²) in [6, 6.07) is 19.5. The number of carboxylic acid groups (broad SMARTS) is 1. The summed E-state index contributed by atoms with van der Waals surface area (Å²) < 4.78 is 16.5. The van der Waals surface area contributed by atoms with Gasteiger partial charge in [0, 0.05) is 6.42 Å². The second kappa shape index (κ2) is 11.6. The Morgan fingerprint density at radius 3 is 2.18 bits per heavy atom. The molecule has 3 aromatic rings. The van der Waals surface area contributed by atoms with Gasteiger partial charge < -0.3 is 25.1 Å². The van der Waals surface area contributed by atoms with Crippen molar-refractivity contribution in [1.29, 1.82) is 0 Å². The number of aryl methyl sites for hydroxylation is 1. The predicted octanol–water partition coefficient (Wildman–Crippen LogP) is 5.28. The Morgan fingerprint density at radius 1 is 0.941 bits per heavy atom. The number of ether oxygens (including phenoxy) is 3. The normalized spacial score (nSPS) is 11.9. The third-order valence-electron chi connectivity index (χ3n) is 4.92. The van der Waals surface area contributed by atoms with E-state index in [1.807, 2.05) is 38.1 Å². The number of primary amides is 1. The van der Waals surface area contributed by atoms with Crippen LogP contribution in [-0.2, 0) is 16.0 Å². The smallest absolute Gasteiger partial charge is 0.336 e. The van der Waals surface area contributed by atoms with E-state index in [-0.39, 0.29) is 18.3 Å². The molecule has 1 aliphatic rings. The van der Waals surface area contributed by atoms with Crippen molar-refractivity contribution in [2.75, 3.05) is 6.79 Å². The maximum atomic E-state index is 11.9. The first-order valence-corrected chi connectivity index (χ1v) is 11.0. The minimum atomic E-state index is -1.04. The van der Waals surface area contributed by atoms with Crippen molar-refractivity contribution in [3.05, 3.63) is 83.4 Å². The van der Waals surface area contributed by atoms with Crippen LogP contribution in [0.2, 0.25) is 0 Å². The molecule has 1 heterocycles. The van der Waals surface area contributed by atoms with Crippen molar-refractivity contribution < 1.29 is 28.9 Å². The first-order chi connectivity index (χ1) is 16.5. The van der Waals surface area contributed by atoms with Gasteiger partial charge in [-0.2, -0.15) is 0 Å². The second-order valence-corrected chi connectivity index (χ2v) is 7.21. The number of carbonyl (C=O) groups is 2. The fourth-order valence-electron chi connectivity index (χ4n) is 3.27. The standard InChI is InChI=1S/C25H21NO6.C2H6/c26-24(27)12-4-16-1-7-19(8-2-16)32-20-9-5-18(6-10-20)21(25(28)29)13-17-3-11-22-23(14-17)31-15-30-22;1-2/h1-3,5-11,13-14H,4,12,15H2,(H2,26,27)(H,28,29);1-2H3/b21-13+;. The lowest BCUT2D eigenvalue weighted by Crippen LogP contribution is -2.11. The molecule has 0 aliphatic carbocycles. The van der Waals surface area contributed by atoms with E-state index >= 15 is 0 Å². The molecule has 3 N–H and O–H groups in total. The Balaban J connectivity index is 0.00000158. The topological polar surface area (TPSA) is 108 Å². The maximum absolute atomic E-state index is 11.9. The molecule has 0 fully saturated rings. The van der Waals surface area contributed by atoms with Gasteiger partial charge in [0.05, 0.1) is 5.57 Å². The van der Waals surface area contributed by atoms with Crippen molar-refractivity contribution in [3.63, 3.8) is 0 Å². The summed E-state index contributed by atoms with van der Waals surface area (Å²) in [4.78, 5) is 22.7. The molecule has 0 saturated carbocycles. The number of nitrogens with two attached hydrogens (primary N) is 1. The number of aliphatic carboxylic acids is 1. The summed E-state index contributed by atoms with van der Waals surface area (Å²) >= 11 is 0. The fourth-order valence-corrected chi connectivity index (χ4v) is 3.27. The number of benzene rings is 3. The minimum Gasteiger partial charge on any atom is -0.478 e. The highest BCUT2D eigenvalue weighted by Gasteiger charge is 2.15. The molecular formula is C27H27NO6. The number of carboxylic acids is 1. The summed E-state index contributed by atoms with van der Waals surface area (Å²) in [5.74, 6) is 1.07. The molecule has 0 spiro atoms. The van der Waals surface area contributed by atoms with E-state index in [9.17, 15) is 14.7 Å². The van der Waals surface area contributed by atoms with E-state index in [0.717, 1.165) is 5.56 Å². The fraction of sp³-hybridized carbons (Fsp3) is 0.185. The quantitative estimate of drug-likeness (QED) is 0.349. The molecule has 1 aliphatic heterocycles. The molecule has 34 heavy (non-hydrogen) atoms. The summed E-state index contributed by atoms with van der Waals surface area (Å²) in [7, 11) is 0. The van der Waals surface area contributed by atoms with E-state index in [1.165, 1.54) is 0 Å². The van der Waals surface area contributed by atoms with E-state index in [1.54, 1.807) is 48.5 Å². The highest BCUT2D eigenvalue weighted by molar-refractivity contribution is 6.20. The molecule has 176 valence electrons. The van der Waals surface area contributed by atoms with Crippen LogP contribution in [0.15, 0.2) is 66.7 Å². The highest BCUT2D eigenvalue weighted by Crippen LogP contribution is 2.34. The van der Waals surface area contributed by atoms with Crippen LogP contribution in [-0.4, -0.2) is 23.8 Å². The number of hydrogen-bond acceptors (Lipinski definition) is 5. The lowest BCUT2D eigenvalue weighted by Gasteiger charge is -2.09. The van der Waals surface area contributed by atoms with Gasteiger partial charge in [0.15, 0.2) is 11.5 Å². The first kappa shape index (κ1) is 24.4. The van der Waals surface area contributed by atoms with Gasteiger partial charge in [0.2, 0.25) is 12.7 Å². The number of hydrogen-bond donors (Lipinski definition) is 2. The molecule has 0 saturated heterocycles. The number of amides is 1. The van der Waals surface area contributed by atoms with Crippen molar-refractivity contribution in [3.8, 4) is 23.0 Å². The summed E-state index contributed by atoms with van der Waals surface area (Å²) in [5.41, 5.74) is 7.56. The van der Waals surface area contributed by atoms with Crippen LogP contribution in [0, 0.1) is 0 Å². The second-order valence-electron chi connectivity index (χ2n) is 7.21. The number of fused-ring (bicyclic) bond motifs is 1. The van der Waals surface area contributed by atoms with Crippen LogP contribution < -0.4 is 19.9 Å². The summed E-state index contributed by atoms with van der Waals surface area (Å²) in [6.45, 7) is 4.16. The van der Waals surface area contributed by atoms with Gasteiger partial charge in [0.25, 0.3) is 0 Å². The monoisotopic (exact) mass is 461 g/mol. The zero-order valence-corrected chi connectivity index (χ0v) is 19.1. The number of rotatable bonds is 8. The maximum Gasteiger partial charge on any atom is 0.336 e. The zero-order valence-electron chi connectivity index (χ0n) is 19.1. The molecule has 0 aromatic heterocycles. The molecule has 0 bridgehead atoms. The van der Waals surface area contributed by atoms with Gasteiger partial charge in [0.1, 0.15) is 11.5 Å². The summed E-state index contributed by atoms with van der Waals surface area (Å²) in [6.07, 6.45) is 2.47. The van der Waals surface area contributed by atoms with Crippen molar-refractivity contribution in [2.45, 2.75) is 26.7 Å². The molecular weight excluding hydrogens is 434 g/mol. The van der Waals surface area contributed by atoms with E-state index in [0.29, 0.717) is 47.0 Å². The Bertz CT molecular complexity index is 1170. The van der Waals surface area contributed by atoms with Crippen LogP contribution in [0.5, 0.6) is 23.0 Å². The van der Waals surface area contributed by atoms with E-state index in [4.69, 9.17) is 19.9 Å². The van der Waals surface area contributed by atoms with Gasteiger partial charge >= 0.3 is 5.97 Å². The van der Waals surface area contributed by atoms with Gasteiger partial charge in [-0.3, -0.25) is 4.79 Å². The zero-order chi connectivity index (χ0) is 24.5. The predicted molar refractivity (Wildman–Crippen MR) is 130 cm³/mol. The van der Waals surface area contributed by atoms with Gasteiger partial charge in [-0.15, -0.1) is 0 Å². The Hall–Kier alpha value is -4.26. The summed E-state index contributed by atoms with van der Waals surface area (Å²) in [5, 5.41) is 9.71. The van der Waals surface area contributed by atoms with Gasteiger partial charge in [-0.1, -0.05) is 44.2 Å². The van der Waals surface area contributed by atoms with Crippen LogP contribution in [0.25, 0.3) is 11.6 Å². The average Bonchev–Trinajstić information content (AvgIpc) is 3.32. The largest absolute Gasteiger partial charge is 0.478 e. The van der Waals surface area contributed by atoms with Crippen LogP contribution in [0.4, 0.5) is 0 Å². The van der Waals surface area contributed by atoms with Crippen LogP contribution >= 0.6 is 0 Å². The average molecular weight is 462 g/mol. The minimum absolute atomic E-state index is 0.147. The van der Waals surface area contributed by atoms with E-state index in [2.05, 4.69) is 0 Å².